The molecule has 15 heavy (non-hydrogen) atoms. The second kappa shape index (κ2) is 5.28. The van der Waals surface area contributed by atoms with Gasteiger partial charge >= 0.3 is 0 Å². The summed E-state index contributed by atoms with van der Waals surface area (Å²) in [7, 11) is 0. The summed E-state index contributed by atoms with van der Waals surface area (Å²) in [5.74, 6) is 0.632. The number of hydrogen-bond acceptors (Lipinski definition) is 3. The maximum absolute atomic E-state index is 5.93. The summed E-state index contributed by atoms with van der Waals surface area (Å²) in [4.78, 5) is 5.80. The molecular weight excluding hydrogens is 228 g/mol. The quantitative estimate of drug-likeness (QED) is 0.807. The van der Waals surface area contributed by atoms with E-state index in [-0.39, 0.29) is 5.54 Å². The van der Waals surface area contributed by atoms with Gasteiger partial charge < -0.3 is 5.32 Å². The monoisotopic (exact) mass is 246 g/mol. The van der Waals surface area contributed by atoms with E-state index in [9.17, 15) is 0 Å². The number of aromatic nitrogens is 1. The Morgan fingerprint density at radius 2 is 2.13 bits per heavy atom. The third-order valence-electron chi connectivity index (χ3n) is 2.81. The number of rotatable bonds is 5. The highest BCUT2D eigenvalue weighted by molar-refractivity contribution is 7.11. The largest absolute Gasteiger partial charge is 0.304 e. The number of hydrogen-bond donors (Lipinski definition) is 1. The van der Waals surface area contributed by atoms with Gasteiger partial charge in [-0.3, -0.25) is 0 Å². The third kappa shape index (κ3) is 3.44. The molecule has 0 amide bonds. The molecule has 1 heterocycles. The third-order valence-corrected chi connectivity index (χ3v) is 4.48. The average molecular weight is 247 g/mol. The van der Waals surface area contributed by atoms with E-state index in [0.717, 1.165) is 23.7 Å². The zero-order valence-corrected chi connectivity index (χ0v) is 11.4. The number of aryl methyl sites for hydroxylation is 2. The van der Waals surface area contributed by atoms with Crippen molar-refractivity contribution in [2.45, 2.75) is 46.2 Å². The Hall–Kier alpha value is -0.120. The molecule has 1 aromatic rings. The van der Waals surface area contributed by atoms with Crippen molar-refractivity contribution in [3.63, 3.8) is 0 Å². The van der Waals surface area contributed by atoms with Gasteiger partial charge in [-0.15, -0.1) is 22.9 Å². The Kier molecular flexibility index (Phi) is 4.56. The van der Waals surface area contributed by atoms with Crippen LogP contribution in [0.25, 0.3) is 0 Å². The van der Waals surface area contributed by atoms with Crippen molar-refractivity contribution in [3.8, 4) is 0 Å². The fourth-order valence-electron chi connectivity index (χ4n) is 1.17. The lowest BCUT2D eigenvalue weighted by atomic mass is 10.0. The van der Waals surface area contributed by atoms with Crippen LogP contribution in [0.3, 0.4) is 0 Å². The van der Waals surface area contributed by atoms with Gasteiger partial charge in [0, 0.05) is 22.8 Å². The topological polar surface area (TPSA) is 24.9 Å². The lowest BCUT2D eigenvalue weighted by Crippen LogP contribution is -2.42. The maximum atomic E-state index is 5.93. The highest BCUT2D eigenvalue weighted by Gasteiger charge is 2.20. The molecule has 0 saturated carbocycles. The van der Waals surface area contributed by atoms with Gasteiger partial charge in [-0.2, -0.15) is 0 Å². The minimum atomic E-state index is 0.0229. The average Bonchev–Trinajstić information content (AvgIpc) is 2.55. The molecule has 1 unspecified atom stereocenters. The van der Waals surface area contributed by atoms with Crippen molar-refractivity contribution in [2.75, 3.05) is 5.88 Å². The van der Waals surface area contributed by atoms with Crippen LogP contribution in [0.4, 0.5) is 0 Å². The van der Waals surface area contributed by atoms with Gasteiger partial charge in [-0.25, -0.2) is 4.98 Å². The van der Waals surface area contributed by atoms with Crippen molar-refractivity contribution < 1.29 is 0 Å². The number of alkyl halides is 1. The number of nitrogens with zero attached hydrogens (tertiary/aromatic N) is 1. The second-order valence-corrected chi connectivity index (χ2v) is 5.71. The van der Waals surface area contributed by atoms with E-state index in [2.05, 4.69) is 38.0 Å². The minimum absolute atomic E-state index is 0.0229. The molecular formula is C11H19ClN2S. The van der Waals surface area contributed by atoms with Crippen LogP contribution >= 0.6 is 22.9 Å². The van der Waals surface area contributed by atoms with Gasteiger partial charge in [0.15, 0.2) is 0 Å². The fraction of sp³-hybridized carbons (Fsp3) is 0.727. The Balaban J connectivity index is 2.56. The van der Waals surface area contributed by atoms with E-state index < -0.39 is 0 Å². The summed E-state index contributed by atoms with van der Waals surface area (Å²) in [6.45, 7) is 9.27. The summed E-state index contributed by atoms with van der Waals surface area (Å²) in [5, 5.41) is 4.62. The first-order valence-electron chi connectivity index (χ1n) is 5.24. The van der Waals surface area contributed by atoms with E-state index in [1.54, 1.807) is 11.3 Å². The van der Waals surface area contributed by atoms with Crippen LogP contribution in [-0.4, -0.2) is 16.4 Å². The standard InChI is InChI=1S/C11H19ClN2S/c1-5-11(4,7-12)13-6-10-14-8(2)9(3)15-10/h13H,5-7H2,1-4H3. The summed E-state index contributed by atoms with van der Waals surface area (Å²) >= 11 is 7.69. The zero-order chi connectivity index (χ0) is 11.5. The van der Waals surface area contributed by atoms with E-state index in [0.29, 0.717) is 5.88 Å². The summed E-state index contributed by atoms with van der Waals surface area (Å²) < 4.78 is 0. The van der Waals surface area contributed by atoms with Crippen LogP contribution in [0, 0.1) is 13.8 Å². The van der Waals surface area contributed by atoms with Gasteiger partial charge in [0.2, 0.25) is 0 Å². The molecule has 0 radical (unpaired) electrons. The maximum Gasteiger partial charge on any atom is 0.107 e. The highest BCUT2D eigenvalue weighted by atomic mass is 35.5. The molecule has 0 fully saturated rings. The van der Waals surface area contributed by atoms with E-state index in [1.807, 2.05) is 0 Å². The van der Waals surface area contributed by atoms with Crippen LogP contribution < -0.4 is 5.32 Å². The second-order valence-electron chi connectivity index (χ2n) is 4.15. The molecule has 0 aromatic carbocycles. The molecule has 1 atom stereocenters. The van der Waals surface area contributed by atoms with Crippen LogP contribution in [0.5, 0.6) is 0 Å². The summed E-state index contributed by atoms with van der Waals surface area (Å²) in [6.07, 6.45) is 1.03. The molecule has 1 aromatic heterocycles. The van der Waals surface area contributed by atoms with E-state index in [1.165, 1.54) is 4.88 Å². The highest BCUT2D eigenvalue weighted by Crippen LogP contribution is 2.18. The SMILES string of the molecule is CCC(C)(CCl)NCc1nc(C)c(C)s1. The van der Waals surface area contributed by atoms with Crippen LogP contribution in [0.1, 0.15) is 35.8 Å². The van der Waals surface area contributed by atoms with E-state index >= 15 is 0 Å². The normalized spacial score (nSPS) is 15.3. The summed E-state index contributed by atoms with van der Waals surface area (Å²) in [5.41, 5.74) is 1.16. The van der Waals surface area contributed by atoms with Gasteiger partial charge in [-0.05, 0) is 27.2 Å². The Bertz CT molecular complexity index is 299. The Morgan fingerprint density at radius 3 is 2.53 bits per heavy atom. The number of thiazole rings is 1. The Labute approximate surface area is 101 Å². The molecule has 0 aliphatic heterocycles. The molecule has 4 heteroatoms. The van der Waals surface area contributed by atoms with Crippen molar-refractivity contribution in [3.05, 3.63) is 15.6 Å². The summed E-state index contributed by atoms with van der Waals surface area (Å²) in [6, 6.07) is 0. The van der Waals surface area contributed by atoms with E-state index in [4.69, 9.17) is 11.6 Å². The van der Waals surface area contributed by atoms with Gasteiger partial charge in [0.05, 0.1) is 5.69 Å². The zero-order valence-electron chi connectivity index (χ0n) is 9.85. The first kappa shape index (κ1) is 12.9. The molecule has 0 aliphatic carbocycles. The molecule has 0 saturated heterocycles. The van der Waals surface area contributed by atoms with Crippen LogP contribution in [-0.2, 0) is 6.54 Å². The number of nitrogens with one attached hydrogen (secondary N) is 1. The molecule has 1 rings (SSSR count). The Morgan fingerprint density at radius 1 is 1.47 bits per heavy atom. The lowest BCUT2D eigenvalue weighted by molar-refractivity contribution is 0.379. The predicted octanol–water partition coefficient (Wildman–Crippen LogP) is 3.26. The van der Waals surface area contributed by atoms with Gasteiger partial charge in [0.1, 0.15) is 5.01 Å². The molecule has 0 bridgehead atoms. The lowest BCUT2D eigenvalue weighted by Gasteiger charge is -2.26. The minimum Gasteiger partial charge on any atom is -0.304 e. The van der Waals surface area contributed by atoms with Crippen molar-refractivity contribution in [2.24, 2.45) is 0 Å². The van der Waals surface area contributed by atoms with Crippen LogP contribution in [0.2, 0.25) is 0 Å². The van der Waals surface area contributed by atoms with Crippen molar-refractivity contribution >= 4 is 22.9 Å². The number of halogens is 1. The molecule has 1 N–H and O–H groups in total. The first-order valence-corrected chi connectivity index (χ1v) is 6.60. The van der Waals surface area contributed by atoms with Crippen molar-refractivity contribution in [1.82, 2.24) is 10.3 Å². The van der Waals surface area contributed by atoms with Crippen LogP contribution in [0.15, 0.2) is 0 Å². The van der Waals surface area contributed by atoms with Gasteiger partial charge in [0.25, 0.3) is 0 Å². The fourth-order valence-corrected chi connectivity index (χ4v) is 2.33. The molecule has 0 spiro atoms. The van der Waals surface area contributed by atoms with Gasteiger partial charge in [-0.1, -0.05) is 6.92 Å². The first-order chi connectivity index (χ1) is 7.00. The molecule has 86 valence electrons. The van der Waals surface area contributed by atoms with Crippen molar-refractivity contribution in [1.29, 1.82) is 0 Å². The molecule has 0 aliphatic rings. The smallest absolute Gasteiger partial charge is 0.107 e. The predicted molar refractivity (Wildman–Crippen MR) is 67.8 cm³/mol. The molecule has 2 nitrogen and oxygen atoms in total.